The van der Waals surface area contributed by atoms with Crippen molar-refractivity contribution in [3.05, 3.63) is 45.7 Å². The van der Waals surface area contributed by atoms with Crippen LogP contribution in [-0.4, -0.2) is 37.1 Å². The Morgan fingerprint density at radius 2 is 2.09 bits per heavy atom. The van der Waals surface area contributed by atoms with Crippen LogP contribution >= 0.6 is 22.9 Å². The van der Waals surface area contributed by atoms with Crippen molar-refractivity contribution in [1.82, 2.24) is 9.88 Å². The lowest BCUT2D eigenvalue weighted by Gasteiger charge is -2.15. The number of rotatable bonds is 4. The highest BCUT2D eigenvalue weighted by molar-refractivity contribution is 7.16. The minimum atomic E-state index is -0.175. The molecule has 2 heterocycles. The topological polar surface area (TPSA) is 19.4 Å². The molecule has 1 aliphatic heterocycles. The maximum absolute atomic E-state index is 13.0. The second kappa shape index (κ2) is 6.52. The summed E-state index contributed by atoms with van der Waals surface area (Å²) in [6, 6.07) is 6.88. The Morgan fingerprint density at radius 3 is 2.73 bits per heavy atom. The van der Waals surface area contributed by atoms with Crippen LogP contribution in [0.2, 0.25) is 5.15 Å². The lowest BCUT2D eigenvalue weighted by atomic mass is 9.99. The lowest BCUT2D eigenvalue weighted by molar-refractivity contribution is 0.329. The molecule has 6 heteroatoms. The monoisotopic (exact) mass is 339 g/mol. The zero-order valence-corrected chi connectivity index (χ0v) is 14.3. The van der Waals surface area contributed by atoms with E-state index in [9.17, 15) is 4.39 Å². The van der Waals surface area contributed by atoms with Gasteiger partial charge in [0, 0.05) is 27.2 Å². The first-order valence-electron chi connectivity index (χ1n) is 7.33. The summed E-state index contributed by atoms with van der Waals surface area (Å²) in [4.78, 5) is 9.87. The molecule has 0 spiro atoms. The van der Waals surface area contributed by atoms with Crippen molar-refractivity contribution in [2.45, 2.75) is 18.9 Å². The molecule has 3 rings (SSSR count). The predicted molar refractivity (Wildman–Crippen MR) is 90.5 cm³/mol. The number of hydrogen-bond donors (Lipinski definition) is 0. The van der Waals surface area contributed by atoms with Crippen LogP contribution in [0, 0.1) is 5.82 Å². The van der Waals surface area contributed by atoms with Gasteiger partial charge >= 0.3 is 0 Å². The number of likely N-dealkylation sites (tertiary alicyclic amines) is 1. The van der Waals surface area contributed by atoms with Crippen LogP contribution in [-0.2, 0) is 6.54 Å². The fourth-order valence-electron chi connectivity index (χ4n) is 2.80. The highest BCUT2D eigenvalue weighted by Crippen LogP contribution is 2.33. The summed E-state index contributed by atoms with van der Waals surface area (Å²) in [6.45, 7) is 2.85. The van der Waals surface area contributed by atoms with E-state index in [2.05, 4.69) is 9.88 Å². The molecule has 1 unspecified atom stereocenters. The predicted octanol–water partition coefficient (Wildman–Crippen LogP) is 3.99. The molecule has 22 heavy (non-hydrogen) atoms. The van der Waals surface area contributed by atoms with Gasteiger partial charge in [-0.25, -0.2) is 9.37 Å². The maximum atomic E-state index is 13.0. The molecule has 1 saturated heterocycles. The first kappa shape index (κ1) is 15.7. The summed E-state index contributed by atoms with van der Waals surface area (Å²) in [7, 11) is 3.94. The zero-order chi connectivity index (χ0) is 15.7. The smallest absolute Gasteiger partial charge is 0.186 e. The maximum Gasteiger partial charge on any atom is 0.186 e. The molecule has 0 saturated carbocycles. The van der Waals surface area contributed by atoms with Gasteiger partial charge in [-0.15, -0.1) is 0 Å². The van der Waals surface area contributed by atoms with Crippen LogP contribution in [0.4, 0.5) is 9.52 Å². The summed E-state index contributed by atoms with van der Waals surface area (Å²) in [5.74, 6) is 0.298. The number of anilines is 1. The molecule has 1 aromatic heterocycles. The number of nitrogens with zero attached hydrogens (tertiary/aromatic N) is 3. The molecule has 0 amide bonds. The fourth-order valence-corrected chi connectivity index (χ4v) is 4.02. The molecule has 0 bridgehead atoms. The van der Waals surface area contributed by atoms with Gasteiger partial charge in [-0.2, -0.15) is 0 Å². The third-order valence-corrected chi connectivity index (χ3v) is 5.63. The van der Waals surface area contributed by atoms with E-state index in [1.807, 2.05) is 31.1 Å². The van der Waals surface area contributed by atoms with Gasteiger partial charge in [0.1, 0.15) is 11.0 Å². The Hall–Kier alpha value is -1.17. The molecular weight excluding hydrogens is 321 g/mol. The van der Waals surface area contributed by atoms with Crippen molar-refractivity contribution in [1.29, 1.82) is 0 Å². The molecule has 1 aromatic carbocycles. The van der Waals surface area contributed by atoms with Crippen molar-refractivity contribution >= 4 is 28.1 Å². The summed E-state index contributed by atoms with van der Waals surface area (Å²) >= 11 is 7.89. The normalized spacial score (nSPS) is 18.8. The number of benzene rings is 1. The number of aromatic nitrogens is 1. The lowest BCUT2D eigenvalue weighted by Crippen LogP contribution is -2.19. The molecule has 1 atom stereocenters. The second-order valence-electron chi connectivity index (χ2n) is 5.88. The molecule has 1 aliphatic rings. The van der Waals surface area contributed by atoms with Crippen LogP contribution in [0.5, 0.6) is 0 Å². The minimum absolute atomic E-state index is 0.175. The summed E-state index contributed by atoms with van der Waals surface area (Å²) in [5.41, 5.74) is 1.22. The Bertz CT molecular complexity index is 641. The zero-order valence-electron chi connectivity index (χ0n) is 12.7. The van der Waals surface area contributed by atoms with E-state index in [-0.39, 0.29) is 5.82 Å². The fraction of sp³-hybridized carbons (Fsp3) is 0.438. The van der Waals surface area contributed by atoms with Crippen molar-refractivity contribution < 1.29 is 4.39 Å². The van der Waals surface area contributed by atoms with Crippen LogP contribution in [0.3, 0.4) is 0 Å². The number of thiazole rings is 1. The molecule has 0 N–H and O–H groups in total. The van der Waals surface area contributed by atoms with Gasteiger partial charge in [-0.1, -0.05) is 35.1 Å². The minimum Gasteiger partial charge on any atom is -0.354 e. The van der Waals surface area contributed by atoms with E-state index in [4.69, 9.17) is 11.6 Å². The van der Waals surface area contributed by atoms with E-state index in [0.29, 0.717) is 11.1 Å². The Kier molecular flexibility index (Phi) is 4.66. The van der Waals surface area contributed by atoms with Gasteiger partial charge in [0.2, 0.25) is 0 Å². The van der Waals surface area contributed by atoms with Crippen molar-refractivity contribution in [3.63, 3.8) is 0 Å². The molecule has 0 aliphatic carbocycles. The quantitative estimate of drug-likeness (QED) is 0.839. The van der Waals surface area contributed by atoms with E-state index in [1.54, 1.807) is 23.5 Å². The first-order valence-corrected chi connectivity index (χ1v) is 8.52. The molecular formula is C16H19ClFN3S. The number of hydrogen-bond acceptors (Lipinski definition) is 4. The van der Waals surface area contributed by atoms with Gasteiger partial charge in [-0.3, -0.25) is 4.90 Å². The Labute approximate surface area is 139 Å². The molecule has 118 valence electrons. The van der Waals surface area contributed by atoms with Gasteiger partial charge in [0.05, 0.1) is 4.88 Å². The van der Waals surface area contributed by atoms with E-state index >= 15 is 0 Å². The van der Waals surface area contributed by atoms with Gasteiger partial charge in [0.25, 0.3) is 0 Å². The van der Waals surface area contributed by atoms with Crippen molar-refractivity contribution in [2.24, 2.45) is 0 Å². The third kappa shape index (κ3) is 3.42. The third-order valence-electron chi connectivity index (χ3n) is 4.00. The van der Waals surface area contributed by atoms with Crippen LogP contribution in [0.15, 0.2) is 24.3 Å². The van der Waals surface area contributed by atoms with Gasteiger partial charge < -0.3 is 4.90 Å². The summed E-state index contributed by atoms with van der Waals surface area (Å²) in [6.07, 6.45) is 1.10. The molecule has 1 fully saturated rings. The van der Waals surface area contributed by atoms with Crippen LogP contribution in [0.1, 0.15) is 22.8 Å². The first-order chi connectivity index (χ1) is 10.5. The Balaban J connectivity index is 1.64. The van der Waals surface area contributed by atoms with Gasteiger partial charge in [0.15, 0.2) is 5.13 Å². The average molecular weight is 340 g/mol. The average Bonchev–Trinajstić information content (AvgIpc) is 3.08. The van der Waals surface area contributed by atoms with E-state index < -0.39 is 0 Å². The highest BCUT2D eigenvalue weighted by atomic mass is 35.5. The molecule has 2 aromatic rings. The second-order valence-corrected chi connectivity index (χ2v) is 7.30. The molecule has 0 radical (unpaired) electrons. The van der Waals surface area contributed by atoms with Crippen molar-refractivity contribution in [2.75, 3.05) is 32.1 Å². The molecule has 3 nitrogen and oxygen atoms in total. The van der Waals surface area contributed by atoms with E-state index in [1.165, 1.54) is 5.56 Å². The SMILES string of the molecule is CN(C)c1nc(Cl)c(CN2CCC(c3ccc(F)cc3)C2)s1. The van der Waals surface area contributed by atoms with Gasteiger partial charge in [-0.05, 0) is 36.6 Å². The highest BCUT2D eigenvalue weighted by Gasteiger charge is 2.25. The van der Waals surface area contributed by atoms with Crippen molar-refractivity contribution in [3.8, 4) is 0 Å². The van der Waals surface area contributed by atoms with E-state index in [0.717, 1.165) is 36.1 Å². The van der Waals surface area contributed by atoms with Crippen LogP contribution < -0.4 is 4.90 Å². The van der Waals surface area contributed by atoms with Crippen LogP contribution in [0.25, 0.3) is 0 Å². The number of halogens is 2. The largest absolute Gasteiger partial charge is 0.354 e. The standard InChI is InChI=1S/C16H19ClFN3S/c1-20(2)16-19-15(17)14(22-16)10-21-8-7-12(9-21)11-3-5-13(18)6-4-11/h3-6,12H,7-10H2,1-2H3. The summed E-state index contributed by atoms with van der Waals surface area (Å²) in [5, 5.41) is 1.55. The summed E-state index contributed by atoms with van der Waals surface area (Å²) < 4.78 is 13.0. The Morgan fingerprint density at radius 1 is 1.36 bits per heavy atom.